The number of aliphatic imine (C=N–C) groups is 1. The Morgan fingerprint density at radius 1 is 1.29 bits per heavy atom. The van der Waals surface area contributed by atoms with E-state index in [1.54, 1.807) is 0 Å². The van der Waals surface area contributed by atoms with Crippen molar-refractivity contribution in [1.82, 2.24) is 5.32 Å². The second kappa shape index (κ2) is 7.30. The monoisotopic (exact) mass is 256 g/mol. The molecule has 0 aromatic rings. The Bertz CT molecular complexity index is 245. The van der Waals surface area contributed by atoms with Gasteiger partial charge in [-0.15, -0.1) is 0 Å². The third kappa shape index (κ3) is 4.90. The Labute approximate surface area is 111 Å². The first-order valence-electron chi connectivity index (χ1n) is 7.07. The lowest BCUT2D eigenvalue weighted by molar-refractivity contribution is 0.407. The van der Waals surface area contributed by atoms with Crippen LogP contribution in [0.25, 0.3) is 0 Å². The van der Waals surface area contributed by atoms with Gasteiger partial charge >= 0.3 is 0 Å². The molecular formula is C14H28N2S. The number of hydrogen-bond donors (Lipinski definition) is 1. The van der Waals surface area contributed by atoms with Crippen molar-refractivity contribution in [1.29, 1.82) is 0 Å². The van der Waals surface area contributed by atoms with Gasteiger partial charge in [0.2, 0.25) is 0 Å². The molecule has 0 amide bonds. The van der Waals surface area contributed by atoms with Gasteiger partial charge in [0.1, 0.15) is 0 Å². The molecule has 0 unspecified atom stereocenters. The summed E-state index contributed by atoms with van der Waals surface area (Å²) in [6.07, 6.45) is 6.27. The van der Waals surface area contributed by atoms with E-state index in [9.17, 15) is 0 Å². The number of unbranched alkanes of at least 4 members (excludes halogenated alkanes) is 1. The van der Waals surface area contributed by atoms with E-state index in [2.05, 4.69) is 38.0 Å². The largest absolute Gasteiger partial charge is 0.359 e. The number of amidine groups is 1. The number of thioether (sulfide) groups is 1. The minimum Gasteiger partial charge on any atom is -0.359 e. The van der Waals surface area contributed by atoms with Crippen LogP contribution in [0.4, 0.5) is 0 Å². The highest BCUT2D eigenvalue weighted by atomic mass is 32.2. The van der Waals surface area contributed by atoms with Crippen LogP contribution < -0.4 is 5.32 Å². The maximum atomic E-state index is 4.68. The van der Waals surface area contributed by atoms with E-state index in [-0.39, 0.29) is 0 Å². The molecule has 0 aromatic carbocycles. The van der Waals surface area contributed by atoms with E-state index in [4.69, 9.17) is 0 Å². The molecule has 0 atom stereocenters. The summed E-state index contributed by atoms with van der Waals surface area (Å²) in [5, 5.41) is 4.80. The summed E-state index contributed by atoms with van der Waals surface area (Å²) >= 11 is 1.90. The predicted molar refractivity (Wildman–Crippen MR) is 79.9 cm³/mol. The van der Waals surface area contributed by atoms with Crippen LogP contribution in [0.1, 0.15) is 59.8 Å². The van der Waals surface area contributed by atoms with Gasteiger partial charge in [0.15, 0.2) is 5.17 Å². The summed E-state index contributed by atoms with van der Waals surface area (Å²) in [5.74, 6) is 2.01. The molecule has 17 heavy (non-hydrogen) atoms. The molecule has 3 heteroatoms. The maximum Gasteiger partial charge on any atom is 0.157 e. The Hall–Kier alpha value is -0.180. The van der Waals surface area contributed by atoms with Gasteiger partial charge in [-0.1, -0.05) is 52.3 Å². The molecule has 0 bridgehead atoms. The summed E-state index contributed by atoms with van der Waals surface area (Å²) in [7, 11) is 0. The number of nitrogens with one attached hydrogen (secondary N) is 1. The van der Waals surface area contributed by atoms with Crippen LogP contribution in [0.3, 0.4) is 0 Å². The van der Waals surface area contributed by atoms with Gasteiger partial charge in [0, 0.05) is 17.8 Å². The fourth-order valence-corrected chi connectivity index (χ4v) is 3.43. The molecule has 0 spiro atoms. The topological polar surface area (TPSA) is 24.4 Å². The van der Waals surface area contributed by atoms with E-state index in [1.807, 2.05) is 11.8 Å². The van der Waals surface area contributed by atoms with Crippen molar-refractivity contribution >= 4 is 16.9 Å². The minimum atomic E-state index is 0.321. The zero-order chi connectivity index (χ0) is 12.7. The van der Waals surface area contributed by atoms with Gasteiger partial charge in [0.25, 0.3) is 0 Å². The highest BCUT2D eigenvalue weighted by Crippen LogP contribution is 2.28. The molecule has 1 aliphatic rings. The van der Waals surface area contributed by atoms with Crippen LogP contribution in [0, 0.1) is 5.92 Å². The Morgan fingerprint density at radius 2 is 2.00 bits per heavy atom. The molecule has 1 rings (SSSR count). The SMILES string of the molecule is CCC1(CC)CSC(=NCCCCC(C)C)N1. The zero-order valence-electron chi connectivity index (χ0n) is 11.9. The molecule has 1 heterocycles. The van der Waals surface area contributed by atoms with Crippen molar-refractivity contribution < 1.29 is 0 Å². The van der Waals surface area contributed by atoms with Crippen molar-refractivity contribution in [3.05, 3.63) is 0 Å². The van der Waals surface area contributed by atoms with Crippen molar-refractivity contribution in [3.63, 3.8) is 0 Å². The van der Waals surface area contributed by atoms with Gasteiger partial charge in [-0.05, 0) is 25.2 Å². The quantitative estimate of drug-likeness (QED) is 0.695. The van der Waals surface area contributed by atoms with E-state index >= 15 is 0 Å². The fourth-order valence-electron chi connectivity index (χ4n) is 2.07. The van der Waals surface area contributed by atoms with Gasteiger partial charge in [-0.25, -0.2) is 0 Å². The normalized spacial score (nSPS) is 21.1. The zero-order valence-corrected chi connectivity index (χ0v) is 12.7. The lowest BCUT2D eigenvalue weighted by atomic mass is 9.96. The van der Waals surface area contributed by atoms with Gasteiger partial charge in [-0.2, -0.15) is 0 Å². The molecule has 0 aromatic heterocycles. The van der Waals surface area contributed by atoms with E-state index in [1.165, 1.54) is 43.0 Å². The Balaban J connectivity index is 2.24. The summed E-state index contributed by atoms with van der Waals surface area (Å²) in [5.41, 5.74) is 0.321. The summed E-state index contributed by atoms with van der Waals surface area (Å²) in [6, 6.07) is 0. The first kappa shape index (κ1) is 14.9. The van der Waals surface area contributed by atoms with Gasteiger partial charge in [0.05, 0.1) is 0 Å². The van der Waals surface area contributed by atoms with Crippen LogP contribution in [-0.4, -0.2) is 23.0 Å². The summed E-state index contributed by atoms with van der Waals surface area (Å²) in [6.45, 7) is 10.1. The van der Waals surface area contributed by atoms with E-state index in [0.717, 1.165) is 12.5 Å². The molecule has 1 fully saturated rings. The smallest absolute Gasteiger partial charge is 0.157 e. The summed E-state index contributed by atoms with van der Waals surface area (Å²) in [4.78, 5) is 4.68. The van der Waals surface area contributed by atoms with Crippen LogP contribution in [0.2, 0.25) is 0 Å². The predicted octanol–water partition coefficient (Wildman–Crippen LogP) is 4.06. The maximum absolute atomic E-state index is 4.68. The van der Waals surface area contributed by atoms with Crippen molar-refractivity contribution in [2.45, 2.75) is 65.3 Å². The Kier molecular flexibility index (Phi) is 6.39. The second-order valence-electron chi connectivity index (χ2n) is 5.48. The fraction of sp³-hybridized carbons (Fsp3) is 0.929. The number of nitrogens with zero attached hydrogens (tertiary/aromatic N) is 1. The average Bonchev–Trinajstić information content (AvgIpc) is 2.73. The van der Waals surface area contributed by atoms with Crippen molar-refractivity contribution in [2.75, 3.05) is 12.3 Å². The first-order valence-corrected chi connectivity index (χ1v) is 8.06. The minimum absolute atomic E-state index is 0.321. The molecule has 2 nitrogen and oxygen atoms in total. The number of rotatable bonds is 7. The molecular weight excluding hydrogens is 228 g/mol. The lowest BCUT2D eigenvalue weighted by Gasteiger charge is -2.25. The molecule has 100 valence electrons. The molecule has 1 aliphatic heterocycles. The third-order valence-corrected chi connectivity index (χ3v) is 4.86. The van der Waals surface area contributed by atoms with Crippen LogP contribution in [0.15, 0.2) is 4.99 Å². The molecule has 0 aliphatic carbocycles. The highest BCUT2D eigenvalue weighted by Gasteiger charge is 2.33. The van der Waals surface area contributed by atoms with Crippen LogP contribution in [-0.2, 0) is 0 Å². The Morgan fingerprint density at radius 3 is 2.53 bits per heavy atom. The standard InChI is InChI=1S/C14H28N2S/c1-5-14(6-2)11-17-13(16-14)15-10-8-7-9-12(3)4/h12H,5-11H2,1-4H3,(H,15,16). The molecule has 0 saturated carbocycles. The third-order valence-electron chi connectivity index (χ3n) is 3.66. The molecule has 1 N–H and O–H groups in total. The average molecular weight is 256 g/mol. The van der Waals surface area contributed by atoms with E-state index < -0.39 is 0 Å². The number of hydrogen-bond acceptors (Lipinski definition) is 2. The van der Waals surface area contributed by atoms with E-state index in [0.29, 0.717) is 5.54 Å². The molecule has 1 saturated heterocycles. The van der Waals surface area contributed by atoms with Gasteiger partial charge < -0.3 is 5.32 Å². The second-order valence-corrected chi connectivity index (χ2v) is 6.44. The van der Waals surface area contributed by atoms with Crippen molar-refractivity contribution in [2.24, 2.45) is 10.9 Å². The van der Waals surface area contributed by atoms with Gasteiger partial charge in [-0.3, -0.25) is 4.99 Å². The molecule has 0 radical (unpaired) electrons. The van der Waals surface area contributed by atoms with Crippen LogP contribution in [0.5, 0.6) is 0 Å². The van der Waals surface area contributed by atoms with Crippen LogP contribution >= 0.6 is 11.8 Å². The first-order chi connectivity index (χ1) is 8.12. The summed E-state index contributed by atoms with van der Waals surface area (Å²) < 4.78 is 0. The lowest BCUT2D eigenvalue weighted by Crippen LogP contribution is -2.42. The highest BCUT2D eigenvalue weighted by molar-refractivity contribution is 8.14. The van der Waals surface area contributed by atoms with Crippen molar-refractivity contribution in [3.8, 4) is 0 Å².